The van der Waals surface area contributed by atoms with Gasteiger partial charge in [0.2, 0.25) is 0 Å². The van der Waals surface area contributed by atoms with E-state index in [0.29, 0.717) is 17.7 Å². The van der Waals surface area contributed by atoms with Gasteiger partial charge in [-0.25, -0.2) is 4.39 Å². The van der Waals surface area contributed by atoms with Crippen molar-refractivity contribution < 1.29 is 4.39 Å². The molecule has 0 N–H and O–H groups in total. The van der Waals surface area contributed by atoms with Crippen LogP contribution in [-0.4, -0.2) is 5.88 Å². The second kappa shape index (κ2) is 5.67. The van der Waals surface area contributed by atoms with Gasteiger partial charge in [-0.1, -0.05) is 31.4 Å². The van der Waals surface area contributed by atoms with Crippen LogP contribution < -0.4 is 0 Å². The summed E-state index contributed by atoms with van der Waals surface area (Å²) >= 11 is 6.08. The summed E-state index contributed by atoms with van der Waals surface area (Å²) in [6.45, 7) is 0. The van der Waals surface area contributed by atoms with Crippen LogP contribution in [-0.2, 0) is 0 Å². The zero-order valence-electron chi connectivity index (χ0n) is 9.46. The fourth-order valence-electron chi connectivity index (χ4n) is 2.73. The topological polar surface area (TPSA) is 0 Å². The average Bonchev–Trinajstić information content (AvgIpc) is 2.34. The highest BCUT2D eigenvalue weighted by atomic mass is 35.5. The summed E-state index contributed by atoms with van der Waals surface area (Å²) in [5.41, 5.74) is 1.20. The monoisotopic (exact) mass is 240 g/mol. The minimum Gasteiger partial charge on any atom is -0.207 e. The van der Waals surface area contributed by atoms with E-state index in [-0.39, 0.29) is 5.82 Å². The predicted molar refractivity (Wildman–Crippen MR) is 66.4 cm³/mol. The second-order valence-electron chi connectivity index (χ2n) is 4.71. The van der Waals surface area contributed by atoms with E-state index in [0.717, 1.165) is 0 Å². The molecule has 0 spiro atoms. The van der Waals surface area contributed by atoms with E-state index in [2.05, 4.69) is 0 Å². The lowest BCUT2D eigenvalue weighted by Crippen LogP contribution is -2.17. The summed E-state index contributed by atoms with van der Waals surface area (Å²) < 4.78 is 12.9. The Bertz CT molecular complexity index is 314. The van der Waals surface area contributed by atoms with Gasteiger partial charge in [-0.2, -0.15) is 0 Å². The van der Waals surface area contributed by atoms with Crippen molar-refractivity contribution in [1.29, 1.82) is 0 Å². The Hall–Kier alpha value is -0.560. The van der Waals surface area contributed by atoms with Crippen LogP contribution in [0.25, 0.3) is 0 Å². The number of halogens is 2. The van der Waals surface area contributed by atoms with E-state index in [4.69, 9.17) is 11.6 Å². The van der Waals surface area contributed by atoms with Gasteiger partial charge in [-0.3, -0.25) is 0 Å². The molecule has 1 saturated carbocycles. The van der Waals surface area contributed by atoms with Crippen molar-refractivity contribution in [3.05, 3.63) is 35.6 Å². The smallest absolute Gasteiger partial charge is 0.123 e. The highest BCUT2D eigenvalue weighted by molar-refractivity contribution is 6.18. The van der Waals surface area contributed by atoms with Crippen molar-refractivity contribution in [3.63, 3.8) is 0 Å². The summed E-state index contributed by atoms with van der Waals surface area (Å²) in [6, 6.07) is 6.85. The number of hydrogen-bond donors (Lipinski definition) is 0. The molecule has 1 aliphatic carbocycles. The van der Waals surface area contributed by atoms with Crippen molar-refractivity contribution in [3.8, 4) is 0 Å². The molecule has 1 aromatic carbocycles. The van der Waals surface area contributed by atoms with Gasteiger partial charge in [0.25, 0.3) is 0 Å². The maximum atomic E-state index is 12.9. The van der Waals surface area contributed by atoms with Gasteiger partial charge in [-0.05, 0) is 36.5 Å². The molecule has 1 fully saturated rings. The standard InChI is InChI=1S/C14H18ClF/c15-10-14(11-4-2-1-3-5-11)12-6-8-13(16)9-7-12/h6-9,11,14H,1-5,10H2. The minimum absolute atomic E-state index is 0.166. The Morgan fingerprint density at radius 1 is 1.12 bits per heavy atom. The van der Waals surface area contributed by atoms with E-state index in [1.54, 1.807) is 0 Å². The van der Waals surface area contributed by atoms with Gasteiger partial charge in [0, 0.05) is 11.8 Å². The molecule has 0 bridgehead atoms. The lowest BCUT2D eigenvalue weighted by molar-refractivity contribution is 0.318. The second-order valence-corrected chi connectivity index (χ2v) is 5.02. The minimum atomic E-state index is -0.166. The Kier molecular flexibility index (Phi) is 4.22. The first-order chi connectivity index (χ1) is 7.81. The first-order valence-electron chi connectivity index (χ1n) is 6.12. The summed E-state index contributed by atoms with van der Waals surface area (Å²) in [4.78, 5) is 0. The van der Waals surface area contributed by atoms with Gasteiger partial charge >= 0.3 is 0 Å². The zero-order valence-corrected chi connectivity index (χ0v) is 10.2. The molecule has 2 heteroatoms. The van der Waals surface area contributed by atoms with Gasteiger partial charge in [0.1, 0.15) is 5.82 Å². The van der Waals surface area contributed by atoms with Gasteiger partial charge in [0.05, 0.1) is 0 Å². The van der Waals surface area contributed by atoms with E-state index >= 15 is 0 Å². The van der Waals surface area contributed by atoms with Crippen molar-refractivity contribution in [1.82, 2.24) is 0 Å². The molecule has 0 radical (unpaired) electrons. The van der Waals surface area contributed by atoms with Crippen molar-refractivity contribution >= 4 is 11.6 Å². The first-order valence-corrected chi connectivity index (χ1v) is 6.66. The number of benzene rings is 1. The van der Waals surface area contributed by atoms with Crippen LogP contribution in [0.1, 0.15) is 43.6 Å². The molecular weight excluding hydrogens is 223 g/mol. The first kappa shape index (κ1) is 11.9. The van der Waals surface area contributed by atoms with Crippen molar-refractivity contribution in [2.75, 3.05) is 5.88 Å². The van der Waals surface area contributed by atoms with Crippen LogP contribution in [0, 0.1) is 11.7 Å². The number of alkyl halides is 1. The van der Waals surface area contributed by atoms with Gasteiger partial charge in [0.15, 0.2) is 0 Å². The molecule has 1 aromatic rings. The predicted octanol–water partition coefficient (Wildman–Crippen LogP) is 4.73. The normalized spacial score (nSPS) is 19.6. The third-order valence-corrected chi connectivity index (χ3v) is 4.02. The van der Waals surface area contributed by atoms with E-state index < -0.39 is 0 Å². The summed E-state index contributed by atoms with van der Waals surface area (Å²) in [6.07, 6.45) is 6.54. The molecule has 0 amide bonds. The molecule has 1 atom stereocenters. The van der Waals surface area contributed by atoms with Gasteiger partial charge < -0.3 is 0 Å². The quantitative estimate of drug-likeness (QED) is 0.670. The lowest BCUT2D eigenvalue weighted by Gasteiger charge is -2.29. The summed E-state index contributed by atoms with van der Waals surface area (Å²) in [7, 11) is 0. The zero-order chi connectivity index (χ0) is 11.4. The molecule has 16 heavy (non-hydrogen) atoms. The maximum Gasteiger partial charge on any atom is 0.123 e. The Balaban J connectivity index is 2.11. The van der Waals surface area contributed by atoms with Crippen molar-refractivity contribution in [2.45, 2.75) is 38.0 Å². The molecule has 0 heterocycles. The number of rotatable bonds is 3. The van der Waals surface area contributed by atoms with Gasteiger partial charge in [-0.15, -0.1) is 11.6 Å². The average molecular weight is 241 g/mol. The molecule has 0 nitrogen and oxygen atoms in total. The highest BCUT2D eigenvalue weighted by Crippen LogP contribution is 2.36. The SMILES string of the molecule is Fc1ccc(C(CCl)C2CCCCC2)cc1. The third-order valence-electron chi connectivity index (χ3n) is 3.68. The number of hydrogen-bond acceptors (Lipinski definition) is 0. The highest BCUT2D eigenvalue weighted by Gasteiger charge is 2.24. The molecule has 0 saturated heterocycles. The molecule has 1 unspecified atom stereocenters. The van der Waals surface area contributed by atoms with E-state index in [1.165, 1.54) is 49.8 Å². The van der Waals surface area contributed by atoms with E-state index in [1.807, 2.05) is 12.1 Å². The Morgan fingerprint density at radius 2 is 1.75 bits per heavy atom. The summed E-state index contributed by atoms with van der Waals surface area (Å²) in [5.74, 6) is 1.58. The lowest BCUT2D eigenvalue weighted by atomic mass is 9.78. The van der Waals surface area contributed by atoms with Crippen LogP contribution >= 0.6 is 11.6 Å². The largest absolute Gasteiger partial charge is 0.207 e. The molecule has 0 aromatic heterocycles. The van der Waals surface area contributed by atoms with Crippen LogP contribution in [0.2, 0.25) is 0 Å². The maximum absolute atomic E-state index is 12.9. The van der Waals surface area contributed by atoms with Crippen LogP contribution in [0.5, 0.6) is 0 Å². The van der Waals surface area contributed by atoms with Crippen LogP contribution in [0.4, 0.5) is 4.39 Å². The molecular formula is C14H18ClF. The third kappa shape index (κ3) is 2.76. The Labute approximate surface area is 102 Å². The van der Waals surface area contributed by atoms with Crippen LogP contribution in [0.3, 0.4) is 0 Å². The Morgan fingerprint density at radius 3 is 2.31 bits per heavy atom. The molecule has 88 valence electrons. The van der Waals surface area contributed by atoms with Crippen molar-refractivity contribution in [2.24, 2.45) is 5.92 Å². The van der Waals surface area contributed by atoms with E-state index in [9.17, 15) is 4.39 Å². The summed E-state index contributed by atoms with van der Waals surface area (Å²) in [5, 5.41) is 0. The molecule has 1 aliphatic rings. The molecule has 0 aliphatic heterocycles. The van der Waals surface area contributed by atoms with Crippen LogP contribution in [0.15, 0.2) is 24.3 Å². The fourth-order valence-corrected chi connectivity index (χ4v) is 3.16. The fraction of sp³-hybridized carbons (Fsp3) is 0.571. The molecule has 2 rings (SSSR count).